The fraction of sp³-hybridized carbons (Fsp3) is 0.647. The van der Waals surface area contributed by atoms with E-state index in [2.05, 4.69) is 55.0 Å². The maximum absolute atomic E-state index is 9.21. The highest BCUT2D eigenvalue weighted by Gasteiger charge is 2.28. The zero-order chi connectivity index (χ0) is 16.0. The average Bonchev–Trinajstić information content (AvgIpc) is 3.16. The summed E-state index contributed by atoms with van der Waals surface area (Å²) in [6.07, 6.45) is 3.17. The van der Waals surface area contributed by atoms with Crippen LogP contribution in [0.25, 0.3) is 0 Å². The number of nitriles is 1. The molecule has 1 aromatic heterocycles. The van der Waals surface area contributed by atoms with Crippen LogP contribution in [0.1, 0.15) is 44.9 Å². The Morgan fingerprint density at radius 1 is 1.50 bits per heavy atom. The number of rotatable bonds is 5. The van der Waals surface area contributed by atoms with Gasteiger partial charge in [0.1, 0.15) is 0 Å². The number of thiophene rings is 1. The number of hydrogen-bond donors (Lipinski definition) is 2. The van der Waals surface area contributed by atoms with E-state index >= 15 is 0 Å². The third-order valence-corrected chi connectivity index (χ3v) is 5.40. The second-order valence-corrected chi connectivity index (χ2v) is 7.42. The van der Waals surface area contributed by atoms with E-state index in [0.717, 1.165) is 38.3 Å². The molecule has 1 heterocycles. The van der Waals surface area contributed by atoms with E-state index < -0.39 is 0 Å². The van der Waals surface area contributed by atoms with Crippen LogP contribution < -0.4 is 10.6 Å². The van der Waals surface area contributed by atoms with E-state index in [9.17, 15) is 5.26 Å². The molecule has 0 bridgehead atoms. The molecule has 2 atom stereocenters. The molecule has 0 radical (unpaired) electrons. The number of nitrogens with zero attached hydrogens (tertiary/aromatic N) is 2. The summed E-state index contributed by atoms with van der Waals surface area (Å²) in [7, 11) is 0. The minimum atomic E-state index is 0.0286. The van der Waals surface area contributed by atoms with Crippen molar-refractivity contribution >= 4 is 17.3 Å². The Bertz CT molecular complexity index is 527. The summed E-state index contributed by atoms with van der Waals surface area (Å²) in [5.74, 6) is 0.938. The predicted molar refractivity (Wildman–Crippen MR) is 93.2 cm³/mol. The van der Waals surface area contributed by atoms with Crippen LogP contribution in [0.3, 0.4) is 0 Å². The standard InChI is InChI=1S/C17H26N4S/c1-4-19-16(21-14-8-5-7-13(14)11-18)20-12-17(2,3)15-9-6-10-22-15/h6,9-10,13-14H,4-5,7-8,12H2,1-3H3,(H2,19,20,21). The molecule has 0 spiro atoms. The average molecular weight is 318 g/mol. The van der Waals surface area contributed by atoms with Crippen LogP contribution in [0.15, 0.2) is 22.5 Å². The third kappa shape index (κ3) is 4.23. The van der Waals surface area contributed by atoms with E-state index in [1.165, 1.54) is 4.88 Å². The van der Waals surface area contributed by atoms with Crippen molar-refractivity contribution < 1.29 is 0 Å². The maximum atomic E-state index is 9.21. The van der Waals surface area contributed by atoms with E-state index in [0.29, 0.717) is 0 Å². The van der Waals surface area contributed by atoms with Crippen molar-refractivity contribution in [1.29, 1.82) is 5.26 Å². The molecule has 4 nitrogen and oxygen atoms in total. The monoisotopic (exact) mass is 318 g/mol. The van der Waals surface area contributed by atoms with E-state index in [1.54, 1.807) is 11.3 Å². The number of hydrogen-bond acceptors (Lipinski definition) is 3. The molecule has 2 unspecified atom stereocenters. The lowest BCUT2D eigenvalue weighted by Gasteiger charge is -2.23. The Morgan fingerprint density at radius 3 is 2.95 bits per heavy atom. The molecular weight excluding hydrogens is 292 g/mol. The van der Waals surface area contributed by atoms with Crippen molar-refractivity contribution in [3.05, 3.63) is 22.4 Å². The van der Waals surface area contributed by atoms with Crippen molar-refractivity contribution in [2.45, 2.75) is 51.5 Å². The van der Waals surface area contributed by atoms with Gasteiger partial charge in [-0.05, 0) is 37.6 Å². The minimum Gasteiger partial charge on any atom is -0.357 e. The lowest BCUT2D eigenvalue weighted by molar-refractivity contribution is 0.521. The fourth-order valence-electron chi connectivity index (χ4n) is 2.80. The molecule has 0 aliphatic heterocycles. The predicted octanol–water partition coefficient (Wildman–Crippen LogP) is 3.27. The highest BCUT2D eigenvalue weighted by atomic mass is 32.1. The molecule has 0 aromatic carbocycles. The molecule has 120 valence electrons. The first-order valence-electron chi connectivity index (χ1n) is 8.05. The van der Waals surface area contributed by atoms with Crippen LogP contribution in [0.4, 0.5) is 0 Å². The van der Waals surface area contributed by atoms with Crippen molar-refractivity contribution in [3.63, 3.8) is 0 Å². The van der Waals surface area contributed by atoms with Gasteiger partial charge in [0.25, 0.3) is 0 Å². The topological polar surface area (TPSA) is 60.2 Å². The summed E-state index contributed by atoms with van der Waals surface area (Å²) in [5, 5.41) is 18.1. The van der Waals surface area contributed by atoms with Crippen LogP contribution in [-0.2, 0) is 5.41 Å². The maximum Gasteiger partial charge on any atom is 0.191 e. The Balaban J connectivity index is 2.02. The van der Waals surface area contributed by atoms with Gasteiger partial charge in [-0.1, -0.05) is 19.9 Å². The van der Waals surface area contributed by atoms with Gasteiger partial charge >= 0.3 is 0 Å². The molecule has 5 heteroatoms. The van der Waals surface area contributed by atoms with Gasteiger partial charge < -0.3 is 10.6 Å². The smallest absolute Gasteiger partial charge is 0.191 e. The minimum absolute atomic E-state index is 0.0286. The lowest BCUT2D eigenvalue weighted by atomic mass is 9.92. The molecule has 0 amide bonds. The number of guanidine groups is 1. The summed E-state index contributed by atoms with van der Waals surface area (Å²) in [4.78, 5) is 6.11. The van der Waals surface area contributed by atoms with Crippen molar-refractivity contribution in [2.75, 3.05) is 13.1 Å². The van der Waals surface area contributed by atoms with Gasteiger partial charge in [-0.25, -0.2) is 0 Å². The van der Waals surface area contributed by atoms with Gasteiger partial charge in [-0.2, -0.15) is 5.26 Å². The van der Waals surface area contributed by atoms with Gasteiger partial charge in [0.15, 0.2) is 5.96 Å². The van der Waals surface area contributed by atoms with E-state index in [1.807, 2.05) is 0 Å². The van der Waals surface area contributed by atoms with Crippen molar-refractivity contribution in [2.24, 2.45) is 10.9 Å². The van der Waals surface area contributed by atoms with E-state index in [4.69, 9.17) is 4.99 Å². The third-order valence-electron chi connectivity index (χ3n) is 4.17. The summed E-state index contributed by atoms with van der Waals surface area (Å²) < 4.78 is 0. The molecular formula is C17H26N4S. The van der Waals surface area contributed by atoms with Gasteiger partial charge in [0.05, 0.1) is 18.5 Å². The second kappa shape index (κ2) is 7.64. The van der Waals surface area contributed by atoms with Crippen LogP contribution in [-0.4, -0.2) is 25.1 Å². The SMILES string of the molecule is CCNC(=NCC(C)(C)c1cccs1)NC1CCCC1C#N. The zero-order valence-electron chi connectivity index (χ0n) is 13.7. The summed E-state index contributed by atoms with van der Waals surface area (Å²) in [6.45, 7) is 8.07. The Kier molecular flexibility index (Phi) is 5.84. The first-order valence-corrected chi connectivity index (χ1v) is 8.93. The lowest BCUT2D eigenvalue weighted by Crippen LogP contribution is -2.45. The van der Waals surface area contributed by atoms with Crippen LogP contribution >= 0.6 is 11.3 Å². The van der Waals surface area contributed by atoms with Crippen molar-refractivity contribution in [3.8, 4) is 6.07 Å². The quantitative estimate of drug-likeness (QED) is 0.647. The molecule has 22 heavy (non-hydrogen) atoms. The summed E-state index contributed by atoms with van der Waals surface area (Å²) >= 11 is 1.78. The molecule has 1 aliphatic rings. The Labute approximate surface area is 137 Å². The number of nitrogens with one attached hydrogen (secondary N) is 2. The van der Waals surface area contributed by atoms with Gasteiger partial charge in [0, 0.05) is 22.9 Å². The molecule has 1 saturated carbocycles. The van der Waals surface area contributed by atoms with Crippen LogP contribution in [0.5, 0.6) is 0 Å². The van der Waals surface area contributed by atoms with Crippen LogP contribution in [0, 0.1) is 17.2 Å². The Morgan fingerprint density at radius 2 is 2.32 bits per heavy atom. The van der Waals surface area contributed by atoms with E-state index in [-0.39, 0.29) is 17.4 Å². The normalized spacial score (nSPS) is 22.4. The molecule has 1 aliphatic carbocycles. The molecule has 0 saturated heterocycles. The van der Waals surface area contributed by atoms with Crippen LogP contribution in [0.2, 0.25) is 0 Å². The fourth-order valence-corrected chi connectivity index (χ4v) is 3.65. The van der Waals surface area contributed by atoms with Gasteiger partial charge in [0.2, 0.25) is 0 Å². The zero-order valence-corrected chi connectivity index (χ0v) is 14.5. The molecule has 2 rings (SSSR count). The molecule has 1 aromatic rings. The molecule has 1 fully saturated rings. The first-order chi connectivity index (χ1) is 10.6. The highest BCUT2D eigenvalue weighted by molar-refractivity contribution is 7.10. The second-order valence-electron chi connectivity index (χ2n) is 6.47. The number of aliphatic imine (C=N–C) groups is 1. The van der Waals surface area contributed by atoms with Gasteiger partial charge in [-0.15, -0.1) is 11.3 Å². The Hall–Kier alpha value is -1.54. The molecule has 2 N–H and O–H groups in total. The van der Waals surface area contributed by atoms with Gasteiger partial charge in [-0.3, -0.25) is 4.99 Å². The summed E-state index contributed by atoms with van der Waals surface area (Å²) in [6, 6.07) is 6.90. The largest absolute Gasteiger partial charge is 0.357 e. The summed E-state index contributed by atoms with van der Waals surface area (Å²) in [5.41, 5.74) is 0.0286. The highest BCUT2D eigenvalue weighted by Crippen LogP contribution is 2.28. The first kappa shape index (κ1) is 16.8. The van der Waals surface area contributed by atoms with Crippen molar-refractivity contribution in [1.82, 2.24) is 10.6 Å².